The SMILES string of the molecule is CCN(CC(C)=C1CNC1)Cc1cccs1. The second-order valence-electron chi connectivity index (χ2n) is 4.37. The Morgan fingerprint density at radius 2 is 2.31 bits per heavy atom. The fraction of sp³-hybridized carbons (Fsp3) is 0.538. The van der Waals surface area contributed by atoms with Gasteiger partial charge in [-0.25, -0.2) is 0 Å². The first-order valence-electron chi connectivity index (χ1n) is 5.92. The van der Waals surface area contributed by atoms with Crippen molar-refractivity contribution in [3.05, 3.63) is 33.5 Å². The van der Waals surface area contributed by atoms with Crippen LogP contribution in [0.25, 0.3) is 0 Å². The van der Waals surface area contributed by atoms with E-state index in [1.807, 2.05) is 11.3 Å². The predicted molar refractivity (Wildman–Crippen MR) is 70.8 cm³/mol. The summed E-state index contributed by atoms with van der Waals surface area (Å²) in [5, 5.41) is 5.46. The number of hydrogen-bond donors (Lipinski definition) is 1. The van der Waals surface area contributed by atoms with Gasteiger partial charge in [0, 0.05) is 31.1 Å². The van der Waals surface area contributed by atoms with Crippen LogP contribution in [0, 0.1) is 0 Å². The zero-order valence-corrected chi connectivity index (χ0v) is 10.9. The molecule has 16 heavy (non-hydrogen) atoms. The molecule has 1 aliphatic rings. The molecule has 0 spiro atoms. The Labute approximate surface area is 102 Å². The van der Waals surface area contributed by atoms with Gasteiger partial charge < -0.3 is 5.32 Å². The first-order valence-corrected chi connectivity index (χ1v) is 6.80. The van der Waals surface area contributed by atoms with Crippen LogP contribution in [0.2, 0.25) is 0 Å². The van der Waals surface area contributed by atoms with Gasteiger partial charge in [-0.15, -0.1) is 11.3 Å². The Balaban J connectivity index is 1.90. The van der Waals surface area contributed by atoms with Crippen molar-refractivity contribution < 1.29 is 0 Å². The topological polar surface area (TPSA) is 15.3 Å². The van der Waals surface area contributed by atoms with E-state index in [1.165, 1.54) is 4.88 Å². The number of nitrogens with one attached hydrogen (secondary N) is 1. The van der Waals surface area contributed by atoms with E-state index in [0.29, 0.717) is 0 Å². The molecular weight excluding hydrogens is 216 g/mol. The van der Waals surface area contributed by atoms with Crippen LogP contribution in [0.5, 0.6) is 0 Å². The summed E-state index contributed by atoms with van der Waals surface area (Å²) in [6, 6.07) is 4.36. The predicted octanol–water partition coefficient (Wildman–Crippen LogP) is 2.49. The van der Waals surface area contributed by atoms with Gasteiger partial charge in [-0.2, -0.15) is 0 Å². The summed E-state index contributed by atoms with van der Waals surface area (Å²) in [5.41, 5.74) is 3.15. The van der Waals surface area contributed by atoms with Crippen LogP contribution >= 0.6 is 11.3 Å². The highest BCUT2D eigenvalue weighted by molar-refractivity contribution is 7.09. The smallest absolute Gasteiger partial charge is 0.0331 e. The third-order valence-corrected chi connectivity index (χ3v) is 4.01. The largest absolute Gasteiger partial charge is 0.309 e. The Bertz CT molecular complexity index is 348. The highest BCUT2D eigenvalue weighted by Gasteiger charge is 2.13. The molecule has 88 valence electrons. The summed E-state index contributed by atoms with van der Waals surface area (Å²) in [7, 11) is 0. The van der Waals surface area contributed by atoms with E-state index in [4.69, 9.17) is 0 Å². The van der Waals surface area contributed by atoms with Crippen LogP contribution in [-0.4, -0.2) is 31.1 Å². The summed E-state index contributed by atoms with van der Waals surface area (Å²) in [6.45, 7) is 10.0. The molecule has 0 radical (unpaired) electrons. The Hall–Kier alpha value is -0.640. The lowest BCUT2D eigenvalue weighted by Crippen LogP contribution is -2.36. The number of nitrogens with zero attached hydrogens (tertiary/aromatic N) is 1. The summed E-state index contributed by atoms with van der Waals surface area (Å²) in [5.74, 6) is 0. The Morgan fingerprint density at radius 1 is 1.50 bits per heavy atom. The van der Waals surface area contributed by atoms with Crippen LogP contribution in [-0.2, 0) is 6.54 Å². The molecule has 3 heteroatoms. The third kappa shape index (κ3) is 2.94. The average Bonchev–Trinajstić information content (AvgIpc) is 2.66. The maximum absolute atomic E-state index is 3.30. The number of rotatable bonds is 5. The third-order valence-electron chi connectivity index (χ3n) is 3.15. The van der Waals surface area contributed by atoms with Crippen molar-refractivity contribution in [3.63, 3.8) is 0 Å². The van der Waals surface area contributed by atoms with Crippen LogP contribution in [0.4, 0.5) is 0 Å². The zero-order valence-electron chi connectivity index (χ0n) is 10.1. The van der Waals surface area contributed by atoms with Crippen LogP contribution < -0.4 is 5.32 Å². The van der Waals surface area contributed by atoms with Crippen molar-refractivity contribution >= 4 is 11.3 Å². The minimum Gasteiger partial charge on any atom is -0.309 e. The molecule has 0 atom stereocenters. The van der Waals surface area contributed by atoms with E-state index in [1.54, 1.807) is 11.1 Å². The molecular formula is C13H20N2S. The lowest BCUT2D eigenvalue weighted by atomic mass is 10.0. The molecule has 0 aromatic carbocycles. The fourth-order valence-electron chi connectivity index (χ4n) is 1.90. The van der Waals surface area contributed by atoms with Gasteiger partial charge in [0.15, 0.2) is 0 Å². The maximum Gasteiger partial charge on any atom is 0.0331 e. The van der Waals surface area contributed by atoms with E-state index in [9.17, 15) is 0 Å². The van der Waals surface area contributed by atoms with E-state index in [-0.39, 0.29) is 0 Å². The minimum absolute atomic E-state index is 1.09. The van der Waals surface area contributed by atoms with Gasteiger partial charge in [-0.05, 0) is 30.5 Å². The van der Waals surface area contributed by atoms with Gasteiger partial charge >= 0.3 is 0 Å². The lowest BCUT2D eigenvalue weighted by molar-refractivity contribution is 0.305. The van der Waals surface area contributed by atoms with E-state index in [0.717, 1.165) is 32.7 Å². The fourth-order valence-corrected chi connectivity index (χ4v) is 2.65. The van der Waals surface area contributed by atoms with E-state index < -0.39 is 0 Å². The summed E-state index contributed by atoms with van der Waals surface area (Å²) < 4.78 is 0. The number of likely N-dealkylation sites (N-methyl/N-ethyl adjacent to an activating group) is 1. The molecule has 1 N–H and O–H groups in total. The molecule has 2 rings (SSSR count). The van der Waals surface area contributed by atoms with E-state index in [2.05, 4.69) is 41.6 Å². The van der Waals surface area contributed by atoms with Gasteiger partial charge in [0.2, 0.25) is 0 Å². The normalized spacial score (nSPS) is 15.3. The van der Waals surface area contributed by atoms with Gasteiger partial charge in [0.1, 0.15) is 0 Å². The van der Waals surface area contributed by atoms with Crippen LogP contribution in [0.15, 0.2) is 28.7 Å². The molecule has 1 fully saturated rings. The van der Waals surface area contributed by atoms with Crippen molar-refractivity contribution in [1.29, 1.82) is 0 Å². The lowest BCUT2D eigenvalue weighted by Gasteiger charge is -2.26. The highest BCUT2D eigenvalue weighted by Crippen LogP contribution is 2.15. The van der Waals surface area contributed by atoms with Crippen molar-refractivity contribution in [2.75, 3.05) is 26.2 Å². The molecule has 0 bridgehead atoms. The second-order valence-corrected chi connectivity index (χ2v) is 5.40. The Kier molecular flexibility index (Phi) is 4.16. The molecule has 1 saturated heterocycles. The standard InChI is InChI=1S/C13H20N2S/c1-3-15(10-13-5-4-6-16-13)9-11(2)12-7-14-8-12/h4-6,14H,3,7-10H2,1-2H3. The van der Waals surface area contributed by atoms with Crippen molar-refractivity contribution in [2.24, 2.45) is 0 Å². The first-order chi connectivity index (χ1) is 7.79. The van der Waals surface area contributed by atoms with Crippen molar-refractivity contribution in [1.82, 2.24) is 10.2 Å². The molecule has 2 nitrogen and oxygen atoms in total. The van der Waals surface area contributed by atoms with Gasteiger partial charge in [0.05, 0.1) is 0 Å². The zero-order chi connectivity index (χ0) is 11.4. The number of thiophene rings is 1. The molecule has 2 heterocycles. The van der Waals surface area contributed by atoms with Crippen molar-refractivity contribution in [2.45, 2.75) is 20.4 Å². The molecule has 1 aromatic heterocycles. The van der Waals surface area contributed by atoms with E-state index >= 15 is 0 Å². The quantitative estimate of drug-likeness (QED) is 0.790. The van der Waals surface area contributed by atoms with Gasteiger partial charge in [-0.1, -0.05) is 18.6 Å². The van der Waals surface area contributed by atoms with Crippen molar-refractivity contribution in [3.8, 4) is 0 Å². The summed E-state index contributed by atoms with van der Waals surface area (Å²) >= 11 is 1.85. The second kappa shape index (κ2) is 5.62. The Morgan fingerprint density at radius 3 is 2.81 bits per heavy atom. The molecule has 1 aliphatic heterocycles. The van der Waals surface area contributed by atoms with Gasteiger partial charge in [-0.3, -0.25) is 4.90 Å². The van der Waals surface area contributed by atoms with Gasteiger partial charge in [0.25, 0.3) is 0 Å². The molecule has 0 amide bonds. The highest BCUT2D eigenvalue weighted by atomic mass is 32.1. The first kappa shape index (κ1) is 11.8. The summed E-state index contributed by atoms with van der Waals surface area (Å²) in [6.07, 6.45) is 0. The van der Waals surface area contributed by atoms with Crippen LogP contribution in [0.1, 0.15) is 18.7 Å². The average molecular weight is 236 g/mol. The monoisotopic (exact) mass is 236 g/mol. The summed E-state index contributed by atoms with van der Waals surface area (Å²) in [4.78, 5) is 3.97. The molecule has 0 aliphatic carbocycles. The molecule has 0 unspecified atom stereocenters. The molecule has 1 aromatic rings. The van der Waals surface area contributed by atoms with Crippen LogP contribution in [0.3, 0.4) is 0 Å². The minimum atomic E-state index is 1.09. The number of hydrogen-bond acceptors (Lipinski definition) is 3. The maximum atomic E-state index is 3.30. The molecule has 0 saturated carbocycles.